The molecule has 0 spiro atoms. The number of alkyl halides is 3. The highest BCUT2D eigenvalue weighted by Crippen LogP contribution is 2.33. The SMILES string of the molecule is COc1nc(C)nc(C(F)(F)F)c1C(=O)O. The summed E-state index contributed by atoms with van der Waals surface area (Å²) in [6.07, 6.45) is -4.87. The van der Waals surface area contributed by atoms with E-state index in [1.165, 1.54) is 6.92 Å². The second-order valence-electron chi connectivity index (χ2n) is 2.81. The van der Waals surface area contributed by atoms with Gasteiger partial charge in [0.15, 0.2) is 11.3 Å². The largest absolute Gasteiger partial charge is 0.480 e. The Bertz CT molecular complexity index is 431. The highest BCUT2D eigenvalue weighted by molar-refractivity contribution is 5.91. The molecule has 0 amide bonds. The molecule has 1 N–H and O–H groups in total. The number of aryl methyl sites for hydroxylation is 1. The average molecular weight is 236 g/mol. The quantitative estimate of drug-likeness (QED) is 0.842. The number of ether oxygens (including phenoxy) is 1. The summed E-state index contributed by atoms with van der Waals surface area (Å²) in [5.41, 5.74) is -2.59. The topological polar surface area (TPSA) is 72.3 Å². The summed E-state index contributed by atoms with van der Waals surface area (Å²) in [5, 5.41) is 8.67. The lowest BCUT2D eigenvalue weighted by atomic mass is 10.2. The first-order valence-corrected chi connectivity index (χ1v) is 4.00. The Hall–Kier alpha value is -1.86. The van der Waals surface area contributed by atoms with Gasteiger partial charge in [0.25, 0.3) is 0 Å². The van der Waals surface area contributed by atoms with Gasteiger partial charge in [-0.1, -0.05) is 0 Å². The van der Waals surface area contributed by atoms with Crippen LogP contribution in [0.3, 0.4) is 0 Å². The predicted octanol–water partition coefficient (Wildman–Crippen LogP) is 1.51. The smallest absolute Gasteiger partial charge is 0.434 e. The fraction of sp³-hybridized carbons (Fsp3) is 0.375. The summed E-state index contributed by atoms with van der Waals surface area (Å²) in [5.74, 6) is -2.61. The number of carboxylic acids is 1. The van der Waals surface area contributed by atoms with Gasteiger partial charge in [-0.25, -0.2) is 9.78 Å². The molecular weight excluding hydrogens is 229 g/mol. The van der Waals surface area contributed by atoms with Crippen molar-refractivity contribution in [1.29, 1.82) is 0 Å². The molecule has 0 fully saturated rings. The van der Waals surface area contributed by atoms with Crippen LogP contribution in [0.2, 0.25) is 0 Å². The molecule has 1 rings (SSSR count). The highest BCUT2D eigenvalue weighted by Gasteiger charge is 2.40. The molecule has 0 bridgehead atoms. The lowest BCUT2D eigenvalue weighted by Crippen LogP contribution is -2.18. The number of hydrogen-bond acceptors (Lipinski definition) is 4. The van der Waals surface area contributed by atoms with E-state index in [1.54, 1.807) is 0 Å². The molecule has 0 aliphatic carbocycles. The number of rotatable bonds is 2. The lowest BCUT2D eigenvalue weighted by Gasteiger charge is -2.12. The van der Waals surface area contributed by atoms with Crippen molar-refractivity contribution in [1.82, 2.24) is 9.97 Å². The van der Waals surface area contributed by atoms with Gasteiger partial charge in [-0.3, -0.25) is 0 Å². The maximum Gasteiger partial charge on any atom is 0.434 e. The zero-order valence-corrected chi connectivity index (χ0v) is 8.29. The summed E-state index contributed by atoms with van der Waals surface area (Å²) in [7, 11) is 1.04. The zero-order chi connectivity index (χ0) is 12.5. The molecule has 0 radical (unpaired) electrons. The fourth-order valence-corrected chi connectivity index (χ4v) is 1.09. The van der Waals surface area contributed by atoms with Crippen LogP contribution in [0.5, 0.6) is 5.88 Å². The highest BCUT2D eigenvalue weighted by atomic mass is 19.4. The number of aromatic nitrogens is 2. The van der Waals surface area contributed by atoms with E-state index in [2.05, 4.69) is 14.7 Å². The van der Waals surface area contributed by atoms with E-state index in [4.69, 9.17) is 5.11 Å². The van der Waals surface area contributed by atoms with E-state index >= 15 is 0 Å². The minimum Gasteiger partial charge on any atom is -0.480 e. The first-order valence-electron chi connectivity index (χ1n) is 4.00. The lowest BCUT2D eigenvalue weighted by molar-refractivity contribution is -0.142. The summed E-state index contributed by atoms with van der Waals surface area (Å²) < 4.78 is 42.0. The third kappa shape index (κ3) is 2.20. The predicted molar refractivity (Wildman–Crippen MR) is 45.3 cm³/mol. The minimum absolute atomic E-state index is 0.214. The van der Waals surface area contributed by atoms with Gasteiger partial charge in [-0.05, 0) is 6.92 Å². The number of methoxy groups -OCH3 is 1. The van der Waals surface area contributed by atoms with Gasteiger partial charge in [0, 0.05) is 0 Å². The third-order valence-electron chi connectivity index (χ3n) is 1.66. The summed E-state index contributed by atoms with van der Waals surface area (Å²) in [6, 6.07) is 0. The number of carboxylic acid groups (broad SMARTS) is 1. The summed E-state index contributed by atoms with van der Waals surface area (Å²) in [6.45, 7) is 1.21. The second kappa shape index (κ2) is 3.95. The molecule has 8 heteroatoms. The van der Waals surface area contributed by atoms with Crippen LogP contribution >= 0.6 is 0 Å². The second-order valence-corrected chi connectivity index (χ2v) is 2.81. The van der Waals surface area contributed by atoms with E-state index in [1.807, 2.05) is 0 Å². The number of nitrogens with zero attached hydrogens (tertiary/aromatic N) is 2. The van der Waals surface area contributed by atoms with Gasteiger partial charge in [-0.2, -0.15) is 18.2 Å². The van der Waals surface area contributed by atoms with Crippen molar-refractivity contribution in [3.8, 4) is 5.88 Å². The first-order chi connectivity index (χ1) is 7.27. The molecule has 1 aromatic heterocycles. The van der Waals surface area contributed by atoms with Crippen molar-refractivity contribution < 1.29 is 27.8 Å². The van der Waals surface area contributed by atoms with Crippen molar-refractivity contribution in [3.63, 3.8) is 0 Å². The summed E-state index contributed by atoms with van der Waals surface area (Å²) >= 11 is 0. The molecule has 0 aliphatic heterocycles. The van der Waals surface area contributed by atoms with Gasteiger partial charge in [0.1, 0.15) is 5.82 Å². The number of halogens is 3. The Morgan fingerprint density at radius 2 is 1.94 bits per heavy atom. The summed E-state index contributed by atoms with van der Waals surface area (Å²) in [4.78, 5) is 17.2. The van der Waals surface area contributed by atoms with Crippen LogP contribution in [0.4, 0.5) is 13.2 Å². The van der Waals surface area contributed by atoms with Crippen LogP contribution in [0.25, 0.3) is 0 Å². The first kappa shape index (κ1) is 12.2. The molecule has 88 valence electrons. The van der Waals surface area contributed by atoms with Gasteiger partial charge in [-0.15, -0.1) is 0 Å². The van der Waals surface area contributed by atoms with Crippen LogP contribution in [0.1, 0.15) is 21.9 Å². The van der Waals surface area contributed by atoms with E-state index in [9.17, 15) is 18.0 Å². The molecule has 0 unspecified atom stereocenters. The fourth-order valence-electron chi connectivity index (χ4n) is 1.09. The Morgan fingerprint density at radius 1 is 1.38 bits per heavy atom. The number of hydrogen-bond donors (Lipinski definition) is 1. The van der Waals surface area contributed by atoms with Crippen LogP contribution in [0.15, 0.2) is 0 Å². The minimum atomic E-state index is -4.87. The standard InChI is InChI=1S/C8H7F3N2O3/c1-3-12-5(8(9,10)11)4(7(14)15)6(13-3)16-2/h1-2H3,(H,14,15). The van der Waals surface area contributed by atoms with Crippen LogP contribution < -0.4 is 4.74 Å². The van der Waals surface area contributed by atoms with Crippen LogP contribution in [-0.2, 0) is 6.18 Å². The van der Waals surface area contributed by atoms with E-state index in [0.717, 1.165) is 7.11 Å². The molecule has 0 saturated carbocycles. The maximum absolute atomic E-state index is 12.5. The van der Waals surface area contributed by atoms with Gasteiger partial charge < -0.3 is 9.84 Å². The normalized spacial score (nSPS) is 11.3. The van der Waals surface area contributed by atoms with E-state index in [-0.39, 0.29) is 5.82 Å². The Balaban J connectivity index is 3.57. The Kier molecular flexibility index (Phi) is 3.02. The number of carbonyl (C=O) groups is 1. The molecule has 0 aliphatic rings. The maximum atomic E-state index is 12.5. The third-order valence-corrected chi connectivity index (χ3v) is 1.66. The van der Waals surface area contributed by atoms with Gasteiger partial charge >= 0.3 is 12.1 Å². The van der Waals surface area contributed by atoms with Crippen molar-refractivity contribution in [2.24, 2.45) is 0 Å². The van der Waals surface area contributed by atoms with Crippen molar-refractivity contribution >= 4 is 5.97 Å². The van der Waals surface area contributed by atoms with Gasteiger partial charge in [0.2, 0.25) is 5.88 Å². The van der Waals surface area contributed by atoms with Crippen molar-refractivity contribution in [2.75, 3.05) is 7.11 Å². The monoisotopic (exact) mass is 236 g/mol. The van der Waals surface area contributed by atoms with E-state index < -0.39 is 29.3 Å². The van der Waals surface area contributed by atoms with Crippen LogP contribution in [0, 0.1) is 6.92 Å². The molecule has 1 aromatic rings. The van der Waals surface area contributed by atoms with Crippen LogP contribution in [-0.4, -0.2) is 28.2 Å². The van der Waals surface area contributed by atoms with Gasteiger partial charge in [0.05, 0.1) is 7.11 Å². The average Bonchev–Trinajstić information content (AvgIpc) is 2.14. The molecule has 0 saturated heterocycles. The molecule has 5 nitrogen and oxygen atoms in total. The molecular formula is C8H7F3N2O3. The Morgan fingerprint density at radius 3 is 2.31 bits per heavy atom. The van der Waals surface area contributed by atoms with Crippen molar-refractivity contribution in [2.45, 2.75) is 13.1 Å². The Labute approximate surface area is 87.9 Å². The molecule has 16 heavy (non-hydrogen) atoms. The number of aromatic carboxylic acids is 1. The molecule has 0 aromatic carbocycles. The molecule has 0 atom stereocenters. The molecule has 1 heterocycles. The van der Waals surface area contributed by atoms with Crippen molar-refractivity contribution in [3.05, 3.63) is 17.1 Å². The zero-order valence-electron chi connectivity index (χ0n) is 8.29. The van der Waals surface area contributed by atoms with E-state index in [0.29, 0.717) is 0 Å².